The van der Waals surface area contributed by atoms with Crippen molar-refractivity contribution in [1.82, 2.24) is 20.1 Å². The smallest absolute Gasteiger partial charge is 0.324 e. The van der Waals surface area contributed by atoms with E-state index < -0.39 is 0 Å². The SMILES string of the molecule is CNC(=O)c1cc(Oc2ccc(NC(=O)Nc3cc(C4(C)CC4)nn3-c3cccc(C)c3)cc2)ccn1. The number of nitrogens with zero attached hydrogens (tertiary/aromatic N) is 3. The van der Waals surface area contributed by atoms with Gasteiger partial charge in [0.25, 0.3) is 5.91 Å². The fourth-order valence-electron chi connectivity index (χ4n) is 3.91. The molecule has 0 radical (unpaired) electrons. The Bertz CT molecular complexity index is 1460. The number of rotatable bonds is 7. The highest BCUT2D eigenvalue weighted by atomic mass is 16.5. The van der Waals surface area contributed by atoms with Gasteiger partial charge in [-0.25, -0.2) is 9.48 Å². The lowest BCUT2D eigenvalue weighted by atomic mass is 10.1. The van der Waals surface area contributed by atoms with Crippen molar-refractivity contribution in [3.63, 3.8) is 0 Å². The number of hydrogen-bond acceptors (Lipinski definition) is 5. The molecule has 1 saturated carbocycles. The van der Waals surface area contributed by atoms with Crippen LogP contribution in [0, 0.1) is 6.92 Å². The van der Waals surface area contributed by atoms with Gasteiger partial charge in [-0.05, 0) is 67.8 Å². The van der Waals surface area contributed by atoms with E-state index in [4.69, 9.17) is 9.84 Å². The number of nitrogens with one attached hydrogen (secondary N) is 3. The first-order valence-electron chi connectivity index (χ1n) is 12.0. The molecule has 2 heterocycles. The zero-order chi connectivity index (χ0) is 26.0. The molecule has 9 heteroatoms. The Labute approximate surface area is 214 Å². The van der Waals surface area contributed by atoms with E-state index in [0.29, 0.717) is 23.0 Å². The molecule has 0 spiro atoms. The predicted molar refractivity (Wildman–Crippen MR) is 142 cm³/mol. The molecule has 0 atom stereocenters. The number of hydrogen-bond donors (Lipinski definition) is 3. The van der Waals surface area contributed by atoms with Crippen molar-refractivity contribution in [1.29, 1.82) is 0 Å². The van der Waals surface area contributed by atoms with Gasteiger partial charge in [-0.15, -0.1) is 0 Å². The van der Waals surface area contributed by atoms with E-state index in [1.165, 1.54) is 6.20 Å². The lowest BCUT2D eigenvalue weighted by Crippen LogP contribution is -2.21. The molecule has 1 aliphatic carbocycles. The highest BCUT2D eigenvalue weighted by Crippen LogP contribution is 2.47. The normalized spacial score (nSPS) is 13.5. The minimum atomic E-state index is -0.376. The number of anilines is 2. The first kappa shape index (κ1) is 24.1. The first-order chi connectivity index (χ1) is 17.8. The van der Waals surface area contributed by atoms with Crippen molar-refractivity contribution in [3.05, 3.63) is 89.9 Å². The van der Waals surface area contributed by atoms with Crippen LogP contribution in [0.4, 0.5) is 16.3 Å². The standard InChI is InChI=1S/C28H28N6O3/c1-18-5-4-6-20(15-18)34-25(17-24(33-34)28(2)12-13-28)32-27(36)31-19-7-9-21(10-8-19)37-22-11-14-30-23(16-22)26(35)29-3/h4-11,14-17H,12-13H2,1-3H3,(H,29,35)(H2,31,32,36). The number of ether oxygens (including phenoxy) is 1. The number of aryl methyl sites for hydroxylation is 1. The fourth-order valence-corrected chi connectivity index (χ4v) is 3.91. The summed E-state index contributed by atoms with van der Waals surface area (Å²) in [5.41, 5.74) is 3.90. The van der Waals surface area contributed by atoms with E-state index >= 15 is 0 Å². The van der Waals surface area contributed by atoms with Gasteiger partial charge >= 0.3 is 6.03 Å². The van der Waals surface area contributed by atoms with E-state index in [1.807, 2.05) is 37.3 Å². The Kier molecular flexibility index (Phi) is 6.35. The predicted octanol–water partition coefficient (Wildman–Crippen LogP) is 5.42. The van der Waals surface area contributed by atoms with Crippen molar-refractivity contribution < 1.29 is 14.3 Å². The summed E-state index contributed by atoms with van der Waals surface area (Å²) in [6.45, 7) is 4.22. The molecule has 5 rings (SSSR count). The number of pyridine rings is 1. The highest BCUT2D eigenvalue weighted by Gasteiger charge is 2.42. The summed E-state index contributed by atoms with van der Waals surface area (Å²) in [5, 5.41) is 13.2. The Hall–Kier alpha value is -4.66. The molecule has 0 aliphatic heterocycles. The molecule has 2 aromatic carbocycles. The average Bonchev–Trinajstić information content (AvgIpc) is 3.50. The third-order valence-corrected chi connectivity index (χ3v) is 6.35. The third kappa shape index (κ3) is 5.45. The van der Waals surface area contributed by atoms with E-state index in [0.717, 1.165) is 29.8 Å². The number of amides is 3. The Morgan fingerprint density at radius 1 is 0.973 bits per heavy atom. The average molecular weight is 497 g/mol. The van der Waals surface area contributed by atoms with Gasteiger partial charge in [-0.1, -0.05) is 19.1 Å². The van der Waals surface area contributed by atoms with Crippen LogP contribution in [0.25, 0.3) is 5.69 Å². The summed E-state index contributed by atoms with van der Waals surface area (Å²) < 4.78 is 7.61. The highest BCUT2D eigenvalue weighted by molar-refractivity contribution is 5.99. The first-order valence-corrected chi connectivity index (χ1v) is 12.0. The molecule has 0 bridgehead atoms. The van der Waals surface area contributed by atoms with E-state index in [-0.39, 0.29) is 23.0 Å². The van der Waals surface area contributed by atoms with Crippen LogP contribution in [0.2, 0.25) is 0 Å². The maximum Gasteiger partial charge on any atom is 0.324 e. The number of aromatic nitrogens is 3. The molecule has 0 unspecified atom stereocenters. The summed E-state index contributed by atoms with van der Waals surface area (Å²) in [7, 11) is 1.54. The number of benzene rings is 2. The zero-order valence-corrected chi connectivity index (χ0v) is 20.9. The van der Waals surface area contributed by atoms with Crippen LogP contribution in [0.5, 0.6) is 11.5 Å². The summed E-state index contributed by atoms with van der Waals surface area (Å²) in [4.78, 5) is 28.7. The van der Waals surface area contributed by atoms with E-state index in [9.17, 15) is 9.59 Å². The molecule has 2 aromatic heterocycles. The maximum absolute atomic E-state index is 12.9. The molecule has 37 heavy (non-hydrogen) atoms. The lowest BCUT2D eigenvalue weighted by Gasteiger charge is -2.11. The number of urea groups is 1. The molecule has 3 N–H and O–H groups in total. The van der Waals surface area contributed by atoms with Gasteiger partial charge in [0.05, 0.1) is 11.4 Å². The van der Waals surface area contributed by atoms with Crippen LogP contribution in [0.15, 0.2) is 72.9 Å². The van der Waals surface area contributed by atoms with Gasteiger partial charge in [0.1, 0.15) is 23.0 Å². The minimum absolute atomic E-state index is 0.0632. The van der Waals surface area contributed by atoms with Gasteiger partial charge in [-0.3, -0.25) is 15.1 Å². The second-order valence-corrected chi connectivity index (χ2v) is 9.39. The second kappa shape index (κ2) is 9.77. The fraction of sp³-hybridized carbons (Fsp3) is 0.214. The molecule has 4 aromatic rings. The van der Waals surface area contributed by atoms with Crippen molar-refractivity contribution in [2.45, 2.75) is 32.1 Å². The monoisotopic (exact) mass is 496 g/mol. The molecule has 0 saturated heterocycles. The van der Waals surface area contributed by atoms with Gasteiger partial charge in [0, 0.05) is 36.5 Å². The number of carbonyl (C=O) groups excluding carboxylic acids is 2. The Morgan fingerprint density at radius 3 is 2.46 bits per heavy atom. The Morgan fingerprint density at radius 2 is 1.76 bits per heavy atom. The van der Waals surface area contributed by atoms with Gasteiger partial charge in [0.2, 0.25) is 0 Å². The molecule has 188 valence electrons. The van der Waals surface area contributed by atoms with Crippen molar-refractivity contribution in [2.24, 2.45) is 0 Å². The summed E-state index contributed by atoms with van der Waals surface area (Å²) in [5.74, 6) is 1.35. The zero-order valence-electron chi connectivity index (χ0n) is 20.9. The van der Waals surface area contributed by atoms with Crippen LogP contribution >= 0.6 is 0 Å². The summed E-state index contributed by atoms with van der Waals surface area (Å²) in [6.07, 6.45) is 3.69. The van der Waals surface area contributed by atoms with Gasteiger partial charge < -0.3 is 15.4 Å². The summed E-state index contributed by atoms with van der Waals surface area (Å²) in [6, 6.07) is 19.8. The Balaban J connectivity index is 1.27. The lowest BCUT2D eigenvalue weighted by molar-refractivity contribution is 0.0958. The van der Waals surface area contributed by atoms with Crippen LogP contribution in [0.3, 0.4) is 0 Å². The van der Waals surface area contributed by atoms with Gasteiger partial charge in [-0.2, -0.15) is 5.10 Å². The van der Waals surface area contributed by atoms with Crippen LogP contribution in [0.1, 0.15) is 41.5 Å². The molecule has 1 aliphatic rings. The van der Waals surface area contributed by atoms with Crippen LogP contribution in [-0.2, 0) is 5.41 Å². The molecular formula is C28H28N6O3. The molecular weight excluding hydrogens is 468 g/mol. The van der Waals surface area contributed by atoms with E-state index in [1.54, 1.807) is 48.1 Å². The van der Waals surface area contributed by atoms with Crippen LogP contribution < -0.4 is 20.7 Å². The van der Waals surface area contributed by atoms with E-state index in [2.05, 4.69) is 27.9 Å². The molecule has 9 nitrogen and oxygen atoms in total. The minimum Gasteiger partial charge on any atom is -0.457 e. The quantitative estimate of drug-likeness (QED) is 0.316. The number of carbonyl (C=O) groups is 2. The van der Waals surface area contributed by atoms with Gasteiger partial charge in [0.15, 0.2) is 0 Å². The van der Waals surface area contributed by atoms with Crippen molar-refractivity contribution in [2.75, 3.05) is 17.7 Å². The van der Waals surface area contributed by atoms with Crippen molar-refractivity contribution in [3.8, 4) is 17.2 Å². The van der Waals surface area contributed by atoms with Crippen molar-refractivity contribution >= 4 is 23.4 Å². The maximum atomic E-state index is 12.9. The topological polar surface area (TPSA) is 110 Å². The molecule has 1 fully saturated rings. The second-order valence-electron chi connectivity index (χ2n) is 9.39. The summed E-state index contributed by atoms with van der Waals surface area (Å²) >= 11 is 0. The van der Waals surface area contributed by atoms with Crippen LogP contribution in [-0.4, -0.2) is 33.8 Å². The molecule has 3 amide bonds. The largest absolute Gasteiger partial charge is 0.457 e. The third-order valence-electron chi connectivity index (χ3n) is 6.35.